The van der Waals surface area contributed by atoms with Crippen molar-refractivity contribution in [1.29, 1.82) is 0 Å². The molecule has 4 heteroatoms. The first-order valence-electron chi connectivity index (χ1n) is 5.14. The molecular weight excluding hydrogens is 242 g/mol. The zero-order valence-corrected chi connectivity index (χ0v) is 10.4. The largest absolute Gasteiger partial charge is 0.294 e. The minimum absolute atomic E-state index is 0.325. The van der Waals surface area contributed by atoms with Gasteiger partial charge in [-0.1, -0.05) is 18.2 Å². The molecule has 0 atom stereocenters. The van der Waals surface area contributed by atoms with Gasteiger partial charge in [-0.15, -0.1) is 18.3 Å². The van der Waals surface area contributed by atoms with Crippen molar-refractivity contribution in [2.75, 3.05) is 6.26 Å². The van der Waals surface area contributed by atoms with Gasteiger partial charge in [0.25, 0.3) is 5.92 Å². The van der Waals surface area contributed by atoms with Crippen molar-refractivity contribution in [2.24, 2.45) is 0 Å². The Balaban J connectivity index is 2.72. The molecule has 1 aromatic carbocycles. The summed E-state index contributed by atoms with van der Waals surface area (Å²) in [5, 5.41) is 0. The van der Waals surface area contributed by atoms with Gasteiger partial charge in [0, 0.05) is 16.9 Å². The molecule has 0 N–H and O–H groups in total. The number of rotatable bonds is 6. The van der Waals surface area contributed by atoms with E-state index < -0.39 is 24.5 Å². The van der Waals surface area contributed by atoms with Crippen LogP contribution in [0.4, 0.5) is 8.78 Å². The molecule has 0 fully saturated rings. The van der Waals surface area contributed by atoms with Crippen LogP contribution in [0.25, 0.3) is 0 Å². The molecule has 0 spiro atoms. The minimum Gasteiger partial charge on any atom is -0.294 e. The highest BCUT2D eigenvalue weighted by atomic mass is 32.2. The van der Waals surface area contributed by atoms with Gasteiger partial charge < -0.3 is 0 Å². The average Bonchev–Trinajstić information content (AvgIpc) is 2.28. The fourth-order valence-electron chi connectivity index (χ4n) is 1.40. The molecule has 0 amide bonds. The molecule has 0 saturated heterocycles. The van der Waals surface area contributed by atoms with Crippen molar-refractivity contribution >= 4 is 17.5 Å². The lowest BCUT2D eigenvalue weighted by Gasteiger charge is -2.13. The number of hydrogen-bond acceptors (Lipinski definition) is 2. The molecule has 0 heterocycles. The van der Waals surface area contributed by atoms with E-state index in [0.29, 0.717) is 5.56 Å². The van der Waals surface area contributed by atoms with E-state index >= 15 is 0 Å². The first-order valence-corrected chi connectivity index (χ1v) is 6.37. The molecule has 0 aliphatic carbocycles. The first-order chi connectivity index (χ1) is 7.98. The highest BCUT2D eigenvalue weighted by Crippen LogP contribution is 2.25. The Hall–Kier alpha value is -1.16. The second-order valence-corrected chi connectivity index (χ2v) is 4.56. The summed E-state index contributed by atoms with van der Waals surface area (Å²) >= 11 is 1.54. The van der Waals surface area contributed by atoms with Crippen molar-refractivity contribution in [3.05, 3.63) is 42.5 Å². The summed E-state index contributed by atoms with van der Waals surface area (Å²) in [5.74, 6) is -3.54. The predicted octanol–water partition coefficient (Wildman–Crippen LogP) is 4.19. The van der Waals surface area contributed by atoms with Crippen LogP contribution < -0.4 is 0 Å². The molecule has 92 valence electrons. The molecule has 0 bridgehead atoms. The Bertz CT molecular complexity index is 398. The van der Waals surface area contributed by atoms with Gasteiger partial charge in [-0.05, 0) is 18.4 Å². The Morgan fingerprint density at radius 3 is 2.47 bits per heavy atom. The number of hydrogen-bond donors (Lipinski definition) is 0. The number of Topliss-reactive ketones (excluding diaryl/α,β-unsaturated/α-hetero) is 1. The van der Waals surface area contributed by atoms with E-state index in [9.17, 15) is 13.6 Å². The van der Waals surface area contributed by atoms with Gasteiger partial charge >= 0.3 is 0 Å². The molecule has 0 aromatic heterocycles. The summed E-state index contributed by atoms with van der Waals surface area (Å²) in [6.45, 7) is 3.25. The lowest BCUT2D eigenvalue weighted by Crippen LogP contribution is -2.20. The van der Waals surface area contributed by atoms with Crippen LogP contribution in [0.15, 0.2) is 41.8 Å². The third-order valence-electron chi connectivity index (χ3n) is 2.27. The Morgan fingerprint density at radius 2 is 2.00 bits per heavy atom. The summed E-state index contributed by atoms with van der Waals surface area (Å²) in [6, 6.07) is 6.67. The number of alkyl halides is 2. The van der Waals surface area contributed by atoms with Gasteiger partial charge in [0.1, 0.15) is 0 Å². The molecule has 17 heavy (non-hydrogen) atoms. The maximum absolute atomic E-state index is 13.2. The van der Waals surface area contributed by atoms with Crippen LogP contribution in [-0.2, 0) is 0 Å². The van der Waals surface area contributed by atoms with Crippen LogP contribution in [-0.4, -0.2) is 18.0 Å². The van der Waals surface area contributed by atoms with E-state index in [4.69, 9.17) is 0 Å². The molecule has 1 nitrogen and oxygen atoms in total. The Morgan fingerprint density at radius 1 is 1.41 bits per heavy atom. The van der Waals surface area contributed by atoms with E-state index in [1.54, 1.807) is 24.3 Å². The molecular formula is C13H14F2OS. The standard InChI is InChI=1S/C13H14F2OS/c1-3-8-13(14,15)9-12(16)10-4-6-11(17-2)7-5-10/h3-7H,1,8-9H2,2H3. The summed E-state index contributed by atoms with van der Waals surface area (Å²) in [5.41, 5.74) is 0.325. The second-order valence-electron chi connectivity index (χ2n) is 3.68. The maximum Gasteiger partial charge on any atom is 0.258 e. The molecule has 0 radical (unpaired) electrons. The van der Waals surface area contributed by atoms with Gasteiger partial charge in [0.05, 0.1) is 6.42 Å². The van der Waals surface area contributed by atoms with Crippen LogP contribution in [0.2, 0.25) is 0 Å². The number of carbonyl (C=O) groups is 1. The third-order valence-corrected chi connectivity index (χ3v) is 3.02. The smallest absolute Gasteiger partial charge is 0.258 e. The van der Waals surface area contributed by atoms with Crippen LogP contribution in [0.5, 0.6) is 0 Å². The highest BCUT2D eigenvalue weighted by molar-refractivity contribution is 7.98. The quantitative estimate of drug-likeness (QED) is 0.431. The lowest BCUT2D eigenvalue weighted by atomic mass is 10.0. The Labute approximate surface area is 104 Å². The average molecular weight is 256 g/mol. The van der Waals surface area contributed by atoms with Crippen molar-refractivity contribution in [3.63, 3.8) is 0 Å². The van der Waals surface area contributed by atoms with Crippen molar-refractivity contribution in [3.8, 4) is 0 Å². The number of benzene rings is 1. The third kappa shape index (κ3) is 4.30. The number of thioether (sulfide) groups is 1. The maximum atomic E-state index is 13.2. The van der Waals surface area contributed by atoms with E-state index in [2.05, 4.69) is 6.58 Å². The van der Waals surface area contributed by atoms with E-state index in [-0.39, 0.29) is 0 Å². The molecule has 1 aromatic rings. The van der Waals surface area contributed by atoms with Gasteiger partial charge in [-0.25, -0.2) is 8.78 Å². The summed E-state index contributed by atoms with van der Waals surface area (Å²) in [7, 11) is 0. The van der Waals surface area contributed by atoms with Gasteiger partial charge in [0.15, 0.2) is 5.78 Å². The lowest BCUT2D eigenvalue weighted by molar-refractivity contribution is 0.000367. The zero-order chi connectivity index (χ0) is 12.9. The first kappa shape index (κ1) is 13.9. The molecule has 0 aliphatic rings. The zero-order valence-electron chi connectivity index (χ0n) is 9.58. The second kappa shape index (κ2) is 5.96. The number of allylic oxidation sites excluding steroid dienone is 1. The minimum atomic E-state index is -3.00. The van der Waals surface area contributed by atoms with Crippen molar-refractivity contribution in [2.45, 2.75) is 23.7 Å². The topological polar surface area (TPSA) is 17.1 Å². The predicted molar refractivity (Wildman–Crippen MR) is 66.9 cm³/mol. The normalized spacial score (nSPS) is 11.2. The van der Waals surface area contributed by atoms with E-state index in [0.717, 1.165) is 11.0 Å². The number of ketones is 1. The molecule has 0 aliphatic heterocycles. The van der Waals surface area contributed by atoms with Gasteiger partial charge in [0.2, 0.25) is 0 Å². The SMILES string of the molecule is C=CCC(F)(F)CC(=O)c1ccc(SC)cc1. The summed E-state index contributed by atoms with van der Waals surface area (Å²) in [6.07, 6.45) is 1.80. The molecule has 0 unspecified atom stereocenters. The summed E-state index contributed by atoms with van der Waals surface area (Å²) < 4.78 is 26.4. The van der Waals surface area contributed by atoms with Gasteiger partial charge in [-0.2, -0.15) is 0 Å². The van der Waals surface area contributed by atoms with Gasteiger partial charge in [-0.3, -0.25) is 4.79 Å². The monoisotopic (exact) mass is 256 g/mol. The van der Waals surface area contributed by atoms with Crippen molar-refractivity contribution in [1.82, 2.24) is 0 Å². The summed E-state index contributed by atoms with van der Waals surface area (Å²) in [4.78, 5) is 12.6. The number of carbonyl (C=O) groups excluding carboxylic acids is 1. The number of halogens is 2. The van der Waals surface area contributed by atoms with E-state index in [1.165, 1.54) is 11.8 Å². The highest BCUT2D eigenvalue weighted by Gasteiger charge is 2.30. The molecule has 0 saturated carbocycles. The van der Waals surface area contributed by atoms with Crippen LogP contribution >= 0.6 is 11.8 Å². The Kier molecular flexibility index (Phi) is 4.87. The van der Waals surface area contributed by atoms with Crippen molar-refractivity contribution < 1.29 is 13.6 Å². The van der Waals surface area contributed by atoms with Crippen LogP contribution in [0.3, 0.4) is 0 Å². The fraction of sp³-hybridized carbons (Fsp3) is 0.308. The van der Waals surface area contributed by atoms with E-state index in [1.807, 2.05) is 6.26 Å². The molecule has 1 rings (SSSR count). The van der Waals surface area contributed by atoms with Crippen LogP contribution in [0, 0.1) is 0 Å². The fourth-order valence-corrected chi connectivity index (χ4v) is 1.81. The van der Waals surface area contributed by atoms with Crippen LogP contribution in [0.1, 0.15) is 23.2 Å².